The molecule has 106 valence electrons. The fourth-order valence-electron chi connectivity index (χ4n) is 2.03. The first-order valence-corrected chi connectivity index (χ1v) is 7.25. The minimum atomic E-state index is -0.396. The molecule has 21 heavy (non-hydrogen) atoms. The van der Waals surface area contributed by atoms with Crippen LogP contribution in [-0.4, -0.2) is 27.2 Å². The van der Waals surface area contributed by atoms with Gasteiger partial charge in [-0.3, -0.25) is 0 Å². The van der Waals surface area contributed by atoms with E-state index in [1.807, 2.05) is 24.3 Å². The second kappa shape index (κ2) is 5.65. The molecule has 0 unspecified atom stereocenters. The van der Waals surface area contributed by atoms with E-state index in [1.54, 1.807) is 23.8 Å². The third kappa shape index (κ3) is 2.67. The van der Waals surface area contributed by atoms with E-state index in [-0.39, 0.29) is 0 Å². The molecule has 0 bridgehead atoms. The summed E-state index contributed by atoms with van der Waals surface area (Å²) < 4.78 is 7.56. The molecule has 0 spiro atoms. The van der Waals surface area contributed by atoms with Gasteiger partial charge in [-0.2, -0.15) is 5.10 Å². The van der Waals surface area contributed by atoms with Crippen molar-refractivity contribution in [1.82, 2.24) is 14.6 Å². The summed E-state index contributed by atoms with van der Waals surface area (Å²) in [7, 11) is 0. The Labute approximate surface area is 129 Å². The number of benzene rings is 1. The molecule has 3 aromatic rings. The van der Waals surface area contributed by atoms with Crippen molar-refractivity contribution >= 4 is 27.5 Å². The van der Waals surface area contributed by atoms with Crippen LogP contribution in [0.1, 0.15) is 17.3 Å². The van der Waals surface area contributed by atoms with Crippen LogP contribution in [0.4, 0.5) is 0 Å². The molecular weight excluding hydrogens is 334 g/mol. The van der Waals surface area contributed by atoms with Crippen molar-refractivity contribution in [3.63, 3.8) is 0 Å². The van der Waals surface area contributed by atoms with Gasteiger partial charge < -0.3 is 4.74 Å². The highest BCUT2D eigenvalue weighted by Gasteiger charge is 2.12. The summed E-state index contributed by atoms with van der Waals surface area (Å²) in [6.07, 6.45) is 4.88. The predicted octanol–water partition coefficient (Wildman–Crippen LogP) is 3.34. The Bertz CT molecular complexity index is 796. The molecule has 1 aromatic carbocycles. The van der Waals surface area contributed by atoms with Gasteiger partial charge in [0.25, 0.3) is 0 Å². The van der Waals surface area contributed by atoms with E-state index in [2.05, 4.69) is 26.0 Å². The number of rotatable bonds is 3. The van der Waals surface area contributed by atoms with Gasteiger partial charge in [-0.05, 0) is 24.6 Å². The maximum atomic E-state index is 11.7. The quantitative estimate of drug-likeness (QED) is 0.683. The number of esters is 1. The Morgan fingerprint density at radius 2 is 2.05 bits per heavy atom. The van der Waals surface area contributed by atoms with Crippen molar-refractivity contribution in [2.24, 2.45) is 0 Å². The average molecular weight is 346 g/mol. The zero-order valence-corrected chi connectivity index (χ0v) is 12.9. The molecule has 0 radical (unpaired) electrons. The van der Waals surface area contributed by atoms with Gasteiger partial charge in [-0.25, -0.2) is 14.3 Å². The van der Waals surface area contributed by atoms with Crippen LogP contribution in [0.2, 0.25) is 0 Å². The Morgan fingerprint density at radius 1 is 1.29 bits per heavy atom. The summed E-state index contributed by atoms with van der Waals surface area (Å²) in [6, 6.07) is 7.90. The molecule has 5 nitrogen and oxygen atoms in total. The summed E-state index contributed by atoms with van der Waals surface area (Å²) in [4.78, 5) is 16.0. The van der Waals surface area contributed by atoms with Gasteiger partial charge in [-0.1, -0.05) is 28.1 Å². The van der Waals surface area contributed by atoms with Crippen LogP contribution in [0.15, 0.2) is 47.3 Å². The second-order valence-electron chi connectivity index (χ2n) is 4.40. The fraction of sp³-hybridized carbons (Fsp3) is 0.133. The fourth-order valence-corrected chi connectivity index (χ4v) is 2.29. The topological polar surface area (TPSA) is 56.5 Å². The van der Waals surface area contributed by atoms with E-state index in [1.165, 1.54) is 6.20 Å². The molecule has 0 aliphatic rings. The van der Waals surface area contributed by atoms with E-state index >= 15 is 0 Å². The molecule has 0 saturated heterocycles. The van der Waals surface area contributed by atoms with Crippen molar-refractivity contribution < 1.29 is 9.53 Å². The van der Waals surface area contributed by atoms with Gasteiger partial charge in [-0.15, -0.1) is 0 Å². The van der Waals surface area contributed by atoms with Crippen LogP contribution in [-0.2, 0) is 4.74 Å². The molecule has 2 heterocycles. The summed E-state index contributed by atoms with van der Waals surface area (Å²) in [5.41, 5.74) is 3.02. The summed E-state index contributed by atoms with van der Waals surface area (Å²) >= 11 is 3.41. The predicted molar refractivity (Wildman–Crippen MR) is 82.1 cm³/mol. The van der Waals surface area contributed by atoms with Gasteiger partial charge in [0.05, 0.1) is 18.4 Å². The van der Waals surface area contributed by atoms with E-state index in [9.17, 15) is 4.79 Å². The molecule has 0 aliphatic carbocycles. The van der Waals surface area contributed by atoms with Gasteiger partial charge in [0, 0.05) is 22.4 Å². The van der Waals surface area contributed by atoms with Gasteiger partial charge >= 0.3 is 5.97 Å². The van der Waals surface area contributed by atoms with Crippen molar-refractivity contribution in [1.29, 1.82) is 0 Å². The van der Waals surface area contributed by atoms with Crippen molar-refractivity contribution in [2.75, 3.05) is 6.61 Å². The average Bonchev–Trinajstić information content (AvgIpc) is 2.91. The van der Waals surface area contributed by atoms with Crippen LogP contribution in [0.25, 0.3) is 16.8 Å². The lowest BCUT2D eigenvalue weighted by molar-refractivity contribution is 0.0525. The lowest BCUT2D eigenvalue weighted by Crippen LogP contribution is -2.07. The number of carbonyl (C=O) groups is 1. The SMILES string of the molecule is CCOC(=O)c1cnc2c(-c3ccc(Br)cc3)cnn2c1. The molecule has 6 heteroatoms. The highest BCUT2D eigenvalue weighted by molar-refractivity contribution is 9.10. The van der Waals surface area contributed by atoms with E-state index in [0.717, 1.165) is 15.6 Å². The zero-order valence-electron chi connectivity index (χ0n) is 11.3. The maximum absolute atomic E-state index is 11.7. The Balaban J connectivity index is 2.03. The number of halogens is 1. The van der Waals surface area contributed by atoms with Crippen LogP contribution in [0.3, 0.4) is 0 Å². The third-order valence-electron chi connectivity index (χ3n) is 3.02. The van der Waals surface area contributed by atoms with Crippen molar-refractivity contribution in [2.45, 2.75) is 6.92 Å². The van der Waals surface area contributed by atoms with Crippen LogP contribution >= 0.6 is 15.9 Å². The number of aromatic nitrogens is 3. The lowest BCUT2D eigenvalue weighted by Gasteiger charge is -2.02. The first-order chi connectivity index (χ1) is 10.2. The van der Waals surface area contributed by atoms with E-state index < -0.39 is 5.97 Å². The monoisotopic (exact) mass is 345 g/mol. The number of fused-ring (bicyclic) bond motifs is 1. The van der Waals surface area contributed by atoms with Crippen LogP contribution in [0, 0.1) is 0 Å². The van der Waals surface area contributed by atoms with Gasteiger partial charge in [0.1, 0.15) is 0 Å². The minimum Gasteiger partial charge on any atom is -0.462 e. The number of nitrogens with zero attached hydrogens (tertiary/aromatic N) is 3. The van der Waals surface area contributed by atoms with Crippen molar-refractivity contribution in [3.8, 4) is 11.1 Å². The van der Waals surface area contributed by atoms with E-state index in [4.69, 9.17) is 4.74 Å². The summed E-state index contributed by atoms with van der Waals surface area (Å²) in [5, 5.41) is 4.26. The smallest absolute Gasteiger partial charge is 0.341 e. The Kier molecular flexibility index (Phi) is 3.70. The van der Waals surface area contributed by atoms with Crippen LogP contribution in [0.5, 0.6) is 0 Å². The Hall–Kier alpha value is -2.21. The molecule has 0 fully saturated rings. The molecule has 0 N–H and O–H groups in total. The van der Waals surface area contributed by atoms with E-state index in [0.29, 0.717) is 17.8 Å². The maximum Gasteiger partial charge on any atom is 0.341 e. The second-order valence-corrected chi connectivity index (χ2v) is 5.31. The highest BCUT2D eigenvalue weighted by Crippen LogP contribution is 2.24. The standard InChI is InChI=1S/C15H12BrN3O2/c1-2-21-15(20)11-7-17-14-13(8-18-19(14)9-11)10-3-5-12(16)6-4-10/h3-9H,2H2,1H3. The van der Waals surface area contributed by atoms with Crippen molar-refractivity contribution in [3.05, 3.63) is 52.9 Å². The first-order valence-electron chi connectivity index (χ1n) is 6.45. The molecule has 2 aromatic heterocycles. The third-order valence-corrected chi connectivity index (χ3v) is 3.55. The number of hydrogen-bond acceptors (Lipinski definition) is 4. The summed E-state index contributed by atoms with van der Waals surface area (Å²) in [6.45, 7) is 2.10. The summed E-state index contributed by atoms with van der Waals surface area (Å²) in [5.74, 6) is -0.396. The number of ether oxygens (including phenoxy) is 1. The number of hydrogen-bond donors (Lipinski definition) is 0. The molecule has 0 amide bonds. The minimum absolute atomic E-state index is 0.333. The molecule has 0 aliphatic heterocycles. The normalized spacial score (nSPS) is 10.8. The molecule has 0 atom stereocenters. The molecule has 3 rings (SSSR count). The largest absolute Gasteiger partial charge is 0.462 e. The molecule has 0 saturated carbocycles. The zero-order chi connectivity index (χ0) is 14.8. The highest BCUT2D eigenvalue weighted by atomic mass is 79.9. The Morgan fingerprint density at radius 3 is 2.76 bits per heavy atom. The van der Waals surface area contributed by atoms with Gasteiger partial charge in [0.15, 0.2) is 5.65 Å². The molecular formula is C15H12BrN3O2. The number of carbonyl (C=O) groups excluding carboxylic acids is 1. The van der Waals surface area contributed by atoms with Gasteiger partial charge in [0.2, 0.25) is 0 Å². The lowest BCUT2D eigenvalue weighted by atomic mass is 10.1. The first kappa shape index (κ1) is 13.8. The van der Waals surface area contributed by atoms with Crippen LogP contribution < -0.4 is 0 Å².